The van der Waals surface area contributed by atoms with Gasteiger partial charge in [0.2, 0.25) is 15.9 Å². The molecule has 0 radical (unpaired) electrons. The number of ether oxygens (including phenoxy) is 1. The molecule has 1 aromatic heterocycles. The summed E-state index contributed by atoms with van der Waals surface area (Å²) in [5, 5.41) is 5.69. The summed E-state index contributed by atoms with van der Waals surface area (Å²) in [5.41, 5.74) is 0. The lowest BCUT2D eigenvalue weighted by Gasteiger charge is -2.10. The van der Waals surface area contributed by atoms with Crippen LogP contribution in [0.15, 0.2) is 35.4 Å². The maximum atomic E-state index is 11.4. The Morgan fingerprint density at radius 1 is 1.10 bits per heavy atom. The van der Waals surface area contributed by atoms with Crippen molar-refractivity contribution in [2.45, 2.75) is 4.90 Å². The van der Waals surface area contributed by atoms with Gasteiger partial charge in [-0.3, -0.25) is 0 Å². The molecule has 0 aliphatic heterocycles. The normalized spacial score (nSPS) is 11.4. The second kappa shape index (κ2) is 5.75. The lowest BCUT2D eigenvalue weighted by molar-refractivity contribution is 0.447. The fourth-order valence-corrected chi connectivity index (χ4v) is 2.54. The molecule has 0 saturated carbocycles. The number of aromatic nitrogens is 1. The second-order valence-corrected chi connectivity index (χ2v) is 6.40. The summed E-state index contributed by atoms with van der Waals surface area (Å²) in [5.74, 6) is -0.0834. The van der Waals surface area contributed by atoms with Crippen LogP contribution in [0.2, 0.25) is 15.1 Å². The molecule has 5 nitrogen and oxygen atoms in total. The van der Waals surface area contributed by atoms with Crippen molar-refractivity contribution < 1.29 is 13.2 Å². The van der Waals surface area contributed by atoms with Gasteiger partial charge in [-0.05, 0) is 18.2 Å². The maximum Gasteiger partial charge on any atom is 0.243 e. The molecule has 0 aliphatic carbocycles. The fraction of sp³-hybridized carbons (Fsp3) is 0. The van der Waals surface area contributed by atoms with Crippen LogP contribution in [0.4, 0.5) is 0 Å². The highest BCUT2D eigenvalue weighted by molar-refractivity contribution is 7.89. The molecule has 0 amide bonds. The summed E-state index contributed by atoms with van der Waals surface area (Å²) < 4.78 is 28.2. The molecule has 2 rings (SSSR count). The van der Waals surface area contributed by atoms with E-state index in [-0.39, 0.29) is 31.6 Å². The van der Waals surface area contributed by atoms with Crippen LogP contribution in [0.3, 0.4) is 0 Å². The third-order valence-corrected chi connectivity index (χ3v) is 4.17. The van der Waals surface area contributed by atoms with Crippen molar-refractivity contribution in [3.63, 3.8) is 0 Å². The lowest BCUT2D eigenvalue weighted by Crippen LogP contribution is -2.13. The van der Waals surface area contributed by atoms with Crippen molar-refractivity contribution in [1.29, 1.82) is 0 Å². The maximum absolute atomic E-state index is 11.4. The van der Waals surface area contributed by atoms with Crippen molar-refractivity contribution in [1.82, 2.24) is 4.98 Å². The molecule has 2 N–H and O–H groups in total. The highest BCUT2D eigenvalue weighted by Crippen LogP contribution is 2.37. The number of pyridine rings is 1. The fourth-order valence-electron chi connectivity index (χ4n) is 1.36. The topological polar surface area (TPSA) is 82.3 Å². The van der Waals surface area contributed by atoms with Gasteiger partial charge in [0.1, 0.15) is 10.6 Å². The predicted molar refractivity (Wildman–Crippen MR) is 77.2 cm³/mol. The van der Waals surface area contributed by atoms with Crippen LogP contribution < -0.4 is 9.88 Å². The first-order chi connectivity index (χ1) is 9.29. The van der Waals surface area contributed by atoms with E-state index in [1.165, 1.54) is 30.5 Å². The van der Waals surface area contributed by atoms with Crippen LogP contribution >= 0.6 is 34.8 Å². The SMILES string of the molecule is NS(=O)(=O)c1cccnc1Oc1cc(Cl)c(Cl)cc1Cl. The van der Waals surface area contributed by atoms with Crippen molar-refractivity contribution in [2.75, 3.05) is 0 Å². The Morgan fingerprint density at radius 2 is 1.75 bits per heavy atom. The van der Waals surface area contributed by atoms with E-state index in [1.807, 2.05) is 0 Å². The van der Waals surface area contributed by atoms with Gasteiger partial charge in [0.25, 0.3) is 0 Å². The Morgan fingerprint density at radius 3 is 2.40 bits per heavy atom. The molecule has 0 saturated heterocycles. The van der Waals surface area contributed by atoms with Crippen LogP contribution in [-0.4, -0.2) is 13.4 Å². The predicted octanol–water partition coefficient (Wildman–Crippen LogP) is 3.48. The summed E-state index contributed by atoms with van der Waals surface area (Å²) in [7, 11) is -3.97. The molecular formula is C11H7Cl3N2O3S. The van der Waals surface area contributed by atoms with Gasteiger partial charge in [-0.25, -0.2) is 18.5 Å². The molecule has 0 bridgehead atoms. The molecule has 9 heteroatoms. The Labute approximate surface area is 130 Å². The first kappa shape index (κ1) is 15.3. The Balaban J connectivity index is 2.49. The minimum Gasteiger partial charge on any atom is -0.436 e. The molecule has 0 fully saturated rings. The van der Waals surface area contributed by atoms with Crippen molar-refractivity contribution >= 4 is 44.8 Å². The zero-order chi connectivity index (χ0) is 14.9. The number of hydrogen-bond acceptors (Lipinski definition) is 4. The van der Waals surface area contributed by atoms with Crippen molar-refractivity contribution in [3.8, 4) is 11.6 Å². The zero-order valence-electron chi connectivity index (χ0n) is 9.68. The van der Waals surface area contributed by atoms with Crippen LogP contribution in [0, 0.1) is 0 Å². The highest BCUT2D eigenvalue weighted by Gasteiger charge is 2.18. The van der Waals surface area contributed by atoms with Crippen LogP contribution in [0.25, 0.3) is 0 Å². The van der Waals surface area contributed by atoms with Gasteiger partial charge in [-0.2, -0.15) is 0 Å². The van der Waals surface area contributed by atoms with Gasteiger partial charge in [0, 0.05) is 12.3 Å². The smallest absolute Gasteiger partial charge is 0.243 e. The number of rotatable bonds is 3. The molecule has 20 heavy (non-hydrogen) atoms. The first-order valence-electron chi connectivity index (χ1n) is 5.09. The summed E-state index contributed by atoms with van der Waals surface area (Å²) in [6.45, 7) is 0. The first-order valence-corrected chi connectivity index (χ1v) is 7.77. The lowest BCUT2D eigenvalue weighted by atomic mass is 10.3. The molecule has 106 valence electrons. The van der Waals surface area contributed by atoms with E-state index in [0.29, 0.717) is 0 Å². The number of halogens is 3. The van der Waals surface area contributed by atoms with Gasteiger partial charge in [-0.15, -0.1) is 0 Å². The quantitative estimate of drug-likeness (QED) is 0.856. The molecule has 1 heterocycles. The molecule has 0 unspecified atom stereocenters. The summed E-state index contributed by atoms with van der Waals surface area (Å²) in [6, 6.07) is 5.42. The van der Waals surface area contributed by atoms with Crippen molar-refractivity contribution in [3.05, 3.63) is 45.5 Å². The number of hydrogen-bond donors (Lipinski definition) is 1. The Kier molecular flexibility index (Phi) is 4.41. The number of primary sulfonamides is 1. The third kappa shape index (κ3) is 3.34. The molecule has 0 atom stereocenters. The average Bonchev–Trinajstić information content (AvgIpc) is 2.35. The van der Waals surface area contributed by atoms with Gasteiger partial charge in [0.15, 0.2) is 0 Å². The van der Waals surface area contributed by atoms with Crippen LogP contribution in [0.1, 0.15) is 0 Å². The molecule has 1 aromatic carbocycles. The highest BCUT2D eigenvalue weighted by atomic mass is 35.5. The van der Waals surface area contributed by atoms with E-state index in [0.717, 1.165) is 0 Å². The van der Waals surface area contributed by atoms with Crippen molar-refractivity contribution in [2.24, 2.45) is 5.14 Å². The monoisotopic (exact) mass is 352 g/mol. The number of sulfonamides is 1. The standard InChI is InChI=1S/C11H7Cl3N2O3S/c12-6-4-8(14)9(5-7(6)13)19-11-10(20(15,17)18)2-1-3-16-11/h1-5H,(H2,15,17,18). The molecule has 2 aromatic rings. The zero-order valence-corrected chi connectivity index (χ0v) is 12.8. The Bertz CT molecular complexity index is 766. The Hall–Kier alpha value is -1.05. The summed E-state index contributed by atoms with van der Waals surface area (Å²) in [6.07, 6.45) is 1.36. The van der Waals surface area contributed by atoms with Crippen LogP contribution in [-0.2, 0) is 10.0 Å². The van der Waals surface area contributed by atoms with E-state index in [9.17, 15) is 8.42 Å². The van der Waals surface area contributed by atoms with Crippen LogP contribution in [0.5, 0.6) is 11.6 Å². The van der Waals surface area contributed by atoms with E-state index < -0.39 is 10.0 Å². The summed E-state index contributed by atoms with van der Waals surface area (Å²) >= 11 is 17.6. The van der Waals surface area contributed by atoms with E-state index >= 15 is 0 Å². The average molecular weight is 354 g/mol. The third-order valence-electron chi connectivity index (χ3n) is 2.22. The number of nitrogens with zero attached hydrogens (tertiary/aromatic N) is 1. The molecular weight excluding hydrogens is 347 g/mol. The van der Waals surface area contributed by atoms with Gasteiger partial charge >= 0.3 is 0 Å². The molecule has 0 spiro atoms. The van der Waals surface area contributed by atoms with E-state index in [4.69, 9.17) is 44.7 Å². The van der Waals surface area contributed by atoms with Gasteiger partial charge in [0.05, 0.1) is 15.1 Å². The second-order valence-electron chi connectivity index (χ2n) is 3.65. The van der Waals surface area contributed by atoms with E-state index in [2.05, 4.69) is 4.98 Å². The summed E-state index contributed by atoms with van der Waals surface area (Å²) in [4.78, 5) is 3.56. The minimum atomic E-state index is -3.97. The van der Waals surface area contributed by atoms with Gasteiger partial charge in [-0.1, -0.05) is 34.8 Å². The van der Waals surface area contributed by atoms with Gasteiger partial charge < -0.3 is 4.74 Å². The molecule has 0 aliphatic rings. The largest absolute Gasteiger partial charge is 0.436 e. The number of nitrogens with two attached hydrogens (primary N) is 1. The van der Waals surface area contributed by atoms with E-state index in [1.54, 1.807) is 0 Å². The number of benzene rings is 1. The minimum absolute atomic E-state index is 0.115.